The van der Waals surface area contributed by atoms with Gasteiger partial charge in [-0.3, -0.25) is 4.79 Å². The van der Waals surface area contributed by atoms with E-state index in [2.05, 4.69) is 20.7 Å². The summed E-state index contributed by atoms with van der Waals surface area (Å²) in [6, 6.07) is 14.9. The van der Waals surface area contributed by atoms with Crippen molar-refractivity contribution in [3.05, 3.63) is 77.9 Å². The number of hydrogen-bond acceptors (Lipinski definition) is 4. The molecular formula is C22H24N6O2. The summed E-state index contributed by atoms with van der Waals surface area (Å²) in [5.41, 5.74) is 3.29. The number of aromatic nitrogens is 3. The maximum atomic E-state index is 12.5. The maximum Gasteiger partial charge on any atom is 0.321 e. The van der Waals surface area contributed by atoms with E-state index in [1.165, 1.54) is 6.33 Å². The minimum Gasteiger partial charge on any atom is -0.348 e. The molecule has 1 fully saturated rings. The molecule has 1 saturated heterocycles. The van der Waals surface area contributed by atoms with Crippen LogP contribution in [-0.4, -0.2) is 44.7 Å². The molecule has 0 radical (unpaired) electrons. The van der Waals surface area contributed by atoms with E-state index < -0.39 is 0 Å². The molecule has 154 valence electrons. The molecule has 2 N–H and O–H groups in total. The number of carbonyl (C=O) groups is 2. The topological polar surface area (TPSA) is 92.2 Å². The molecule has 0 unspecified atom stereocenters. The van der Waals surface area contributed by atoms with Crippen LogP contribution in [0.1, 0.15) is 34.3 Å². The first-order valence-corrected chi connectivity index (χ1v) is 10.0. The van der Waals surface area contributed by atoms with Gasteiger partial charge in [-0.2, -0.15) is 5.10 Å². The molecule has 30 heavy (non-hydrogen) atoms. The van der Waals surface area contributed by atoms with Gasteiger partial charge in [0.25, 0.3) is 5.91 Å². The Balaban J connectivity index is 1.30. The molecule has 0 spiro atoms. The summed E-state index contributed by atoms with van der Waals surface area (Å²) in [6.07, 6.45) is 5.26. The predicted octanol–water partition coefficient (Wildman–Crippen LogP) is 2.88. The van der Waals surface area contributed by atoms with E-state index in [9.17, 15) is 9.59 Å². The van der Waals surface area contributed by atoms with Crippen molar-refractivity contribution in [2.24, 2.45) is 0 Å². The fourth-order valence-corrected chi connectivity index (χ4v) is 3.43. The number of anilines is 1. The predicted molar refractivity (Wildman–Crippen MR) is 113 cm³/mol. The van der Waals surface area contributed by atoms with E-state index in [-0.39, 0.29) is 11.9 Å². The molecule has 1 aromatic heterocycles. The van der Waals surface area contributed by atoms with Crippen LogP contribution in [0.4, 0.5) is 10.5 Å². The molecule has 3 amide bonds. The highest BCUT2D eigenvalue weighted by atomic mass is 16.2. The van der Waals surface area contributed by atoms with Gasteiger partial charge in [0.2, 0.25) is 0 Å². The first-order valence-electron chi connectivity index (χ1n) is 10.0. The van der Waals surface area contributed by atoms with Crippen LogP contribution in [0.15, 0.2) is 61.2 Å². The number of hydrogen-bond donors (Lipinski definition) is 2. The third-order valence-corrected chi connectivity index (χ3v) is 5.05. The van der Waals surface area contributed by atoms with E-state index in [4.69, 9.17) is 0 Å². The highest BCUT2D eigenvalue weighted by Gasteiger charge is 2.17. The molecule has 1 aliphatic heterocycles. The summed E-state index contributed by atoms with van der Waals surface area (Å²) in [5.74, 6) is -0.145. The third-order valence-electron chi connectivity index (χ3n) is 5.05. The highest BCUT2D eigenvalue weighted by Crippen LogP contribution is 2.14. The van der Waals surface area contributed by atoms with Gasteiger partial charge in [-0.1, -0.05) is 24.3 Å². The molecule has 4 rings (SSSR count). The summed E-state index contributed by atoms with van der Waals surface area (Å²) in [7, 11) is 0. The average molecular weight is 404 g/mol. The number of nitrogens with one attached hydrogen (secondary N) is 2. The lowest BCUT2D eigenvalue weighted by molar-refractivity contribution is 0.0951. The van der Waals surface area contributed by atoms with Crippen LogP contribution in [-0.2, 0) is 13.1 Å². The van der Waals surface area contributed by atoms with Crippen LogP contribution >= 0.6 is 0 Å². The number of rotatable bonds is 6. The summed E-state index contributed by atoms with van der Waals surface area (Å²) in [4.78, 5) is 30.5. The second-order valence-electron chi connectivity index (χ2n) is 7.30. The van der Waals surface area contributed by atoms with Gasteiger partial charge in [0.15, 0.2) is 0 Å². The van der Waals surface area contributed by atoms with Crippen molar-refractivity contribution in [3.63, 3.8) is 0 Å². The summed E-state index contributed by atoms with van der Waals surface area (Å²) >= 11 is 0. The molecule has 2 heterocycles. The SMILES string of the molecule is O=C(NCc1cccc(NC(=O)N2CCCC2)c1)c1ccc(Cn2cncn2)cc1. The third kappa shape index (κ3) is 5.02. The van der Waals surface area contributed by atoms with Crippen molar-refractivity contribution < 1.29 is 9.59 Å². The summed E-state index contributed by atoms with van der Waals surface area (Å²) in [6.45, 7) is 2.60. The van der Waals surface area contributed by atoms with Crippen molar-refractivity contribution in [2.45, 2.75) is 25.9 Å². The van der Waals surface area contributed by atoms with E-state index in [0.29, 0.717) is 18.7 Å². The molecule has 0 aliphatic carbocycles. The molecule has 2 aromatic carbocycles. The smallest absolute Gasteiger partial charge is 0.321 e. The Bertz CT molecular complexity index is 995. The van der Waals surface area contributed by atoms with Gasteiger partial charge < -0.3 is 15.5 Å². The zero-order valence-electron chi connectivity index (χ0n) is 16.6. The Hall–Kier alpha value is -3.68. The minimum atomic E-state index is -0.145. The van der Waals surface area contributed by atoms with Crippen LogP contribution in [0.2, 0.25) is 0 Å². The molecule has 8 heteroatoms. The molecule has 3 aromatic rings. The summed E-state index contributed by atoms with van der Waals surface area (Å²) in [5, 5.41) is 9.93. The molecule has 0 bridgehead atoms. The molecule has 0 atom stereocenters. The Labute approximate surface area is 174 Å². The first kappa shape index (κ1) is 19.6. The molecule has 8 nitrogen and oxygen atoms in total. The van der Waals surface area contributed by atoms with E-state index >= 15 is 0 Å². The van der Waals surface area contributed by atoms with Gasteiger partial charge in [-0.25, -0.2) is 14.5 Å². The van der Waals surface area contributed by atoms with Gasteiger partial charge in [0.05, 0.1) is 6.54 Å². The van der Waals surface area contributed by atoms with Crippen LogP contribution < -0.4 is 10.6 Å². The van der Waals surface area contributed by atoms with Gasteiger partial charge in [-0.05, 0) is 48.2 Å². The van der Waals surface area contributed by atoms with Crippen molar-refractivity contribution in [1.29, 1.82) is 0 Å². The van der Waals surface area contributed by atoms with Gasteiger partial charge in [0.1, 0.15) is 12.7 Å². The van der Waals surface area contributed by atoms with Crippen LogP contribution in [0.3, 0.4) is 0 Å². The lowest BCUT2D eigenvalue weighted by atomic mass is 10.1. The van der Waals surface area contributed by atoms with Gasteiger partial charge in [-0.15, -0.1) is 0 Å². The summed E-state index contributed by atoms with van der Waals surface area (Å²) < 4.78 is 1.73. The fraction of sp³-hybridized carbons (Fsp3) is 0.273. The van der Waals surface area contributed by atoms with Crippen molar-refractivity contribution in [2.75, 3.05) is 18.4 Å². The number of benzene rings is 2. The average Bonchev–Trinajstić information content (AvgIpc) is 3.47. The lowest BCUT2D eigenvalue weighted by Crippen LogP contribution is -2.32. The maximum absolute atomic E-state index is 12.5. The zero-order chi connectivity index (χ0) is 20.8. The Kier molecular flexibility index (Phi) is 6.03. The standard InChI is InChI=1S/C22H24N6O2/c29-21(19-8-6-17(7-9-19)14-28-16-23-15-25-28)24-13-18-4-3-5-20(12-18)26-22(30)27-10-1-2-11-27/h3-9,12,15-16H,1-2,10-11,13-14H2,(H,24,29)(H,26,30). The van der Waals surface area contributed by atoms with Crippen molar-refractivity contribution in [1.82, 2.24) is 25.0 Å². The number of amides is 3. The Morgan fingerprint density at radius 3 is 2.53 bits per heavy atom. The van der Waals surface area contributed by atoms with Crippen molar-refractivity contribution >= 4 is 17.6 Å². The van der Waals surface area contributed by atoms with E-state index in [0.717, 1.165) is 42.7 Å². The minimum absolute atomic E-state index is 0.0698. The zero-order valence-corrected chi connectivity index (χ0v) is 16.6. The second kappa shape index (κ2) is 9.21. The fourth-order valence-electron chi connectivity index (χ4n) is 3.43. The largest absolute Gasteiger partial charge is 0.348 e. The quantitative estimate of drug-likeness (QED) is 0.661. The number of carbonyl (C=O) groups excluding carboxylic acids is 2. The van der Waals surface area contributed by atoms with E-state index in [1.807, 2.05) is 41.3 Å². The first-order chi connectivity index (χ1) is 14.7. The van der Waals surface area contributed by atoms with Crippen LogP contribution in [0.25, 0.3) is 0 Å². The second-order valence-corrected chi connectivity index (χ2v) is 7.30. The van der Waals surface area contributed by atoms with Crippen LogP contribution in [0.5, 0.6) is 0 Å². The molecule has 1 aliphatic rings. The highest BCUT2D eigenvalue weighted by molar-refractivity contribution is 5.94. The van der Waals surface area contributed by atoms with Crippen molar-refractivity contribution in [3.8, 4) is 0 Å². The Morgan fingerprint density at radius 2 is 1.80 bits per heavy atom. The number of likely N-dealkylation sites (tertiary alicyclic amines) is 1. The number of nitrogens with zero attached hydrogens (tertiary/aromatic N) is 4. The monoisotopic (exact) mass is 404 g/mol. The normalized spacial score (nSPS) is 13.3. The number of urea groups is 1. The molecular weight excluding hydrogens is 380 g/mol. The van der Waals surface area contributed by atoms with E-state index in [1.54, 1.807) is 23.1 Å². The van der Waals surface area contributed by atoms with Gasteiger partial charge in [0, 0.05) is 30.9 Å². The lowest BCUT2D eigenvalue weighted by Gasteiger charge is -2.16. The Morgan fingerprint density at radius 1 is 1.00 bits per heavy atom. The van der Waals surface area contributed by atoms with Gasteiger partial charge >= 0.3 is 6.03 Å². The van der Waals surface area contributed by atoms with Crippen LogP contribution in [0, 0.1) is 0 Å². The molecule has 0 saturated carbocycles.